The molecule has 0 spiro atoms. The molecule has 3 atom stereocenters. The summed E-state index contributed by atoms with van der Waals surface area (Å²) >= 11 is 0. The molecule has 0 aliphatic carbocycles. The maximum Gasteiger partial charge on any atom is 0.318 e. The first-order valence-corrected chi connectivity index (χ1v) is 11.5. The minimum absolute atomic E-state index is 0.0117. The zero-order valence-corrected chi connectivity index (χ0v) is 18.6. The summed E-state index contributed by atoms with van der Waals surface area (Å²) in [6.07, 6.45) is 1.70. The number of aryl methyl sites for hydroxylation is 1. The summed E-state index contributed by atoms with van der Waals surface area (Å²) in [6.45, 7) is 4.11. The Hall–Kier alpha value is -3.64. The van der Waals surface area contributed by atoms with Crippen molar-refractivity contribution in [1.29, 1.82) is 0 Å². The van der Waals surface area contributed by atoms with E-state index in [1.807, 2.05) is 36.1 Å². The number of nitrogens with one attached hydrogen (secondary N) is 1. The van der Waals surface area contributed by atoms with E-state index in [0.29, 0.717) is 12.4 Å². The Bertz CT molecular complexity index is 1310. The first-order chi connectivity index (χ1) is 16.2. The molecule has 166 valence electrons. The van der Waals surface area contributed by atoms with Gasteiger partial charge in [-0.1, -0.05) is 72.8 Å². The summed E-state index contributed by atoms with van der Waals surface area (Å²) in [7, 11) is 0. The molecule has 3 N–H and O–H groups in total. The Labute approximate surface area is 192 Å². The van der Waals surface area contributed by atoms with Gasteiger partial charge < -0.3 is 20.0 Å². The zero-order valence-electron chi connectivity index (χ0n) is 18.6. The molecular weight excluding hydrogens is 412 g/mol. The van der Waals surface area contributed by atoms with Gasteiger partial charge in [0.25, 0.3) is 0 Å². The lowest BCUT2D eigenvalue weighted by Gasteiger charge is -2.42. The number of carbonyl (C=O) groups is 1. The molecule has 6 nitrogen and oxygen atoms in total. The highest BCUT2D eigenvalue weighted by atomic mass is 16.3. The van der Waals surface area contributed by atoms with E-state index in [1.54, 1.807) is 6.26 Å². The van der Waals surface area contributed by atoms with Crippen molar-refractivity contribution in [3.05, 3.63) is 102 Å². The molecule has 2 amide bonds. The van der Waals surface area contributed by atoms with E-state index in [1.165, 1.54) is 10.8 Å². The molecule has 3 aromatic carbocycles. The Kier molecular flexibility index (Phi) is 4.69. The molecule has 3 unspecified atom stereocenters. The lowest BCUT2D eigenvalue weighted by molar-refractivity contribution is -0.674. The van der Waals surface area contributed by atoms with E-state index in [9.17, 15) is 4.79 Å². The first kappa shape index (κ1) is 20.0. The molecule has 3 heterocycles. The molecule has 0 bridgehead atoms. The third-order valence-electron chi connectivity index (χ3n) is 7.24. The van der Waals surface area contributed by atoms with Crippen LogP contribution in [0, 0.1) is 6.92 Å². The number of rotatable bonds is 4. The SMILES string of the molecule is Cc1coc(C2(c3ccccc3)C[NH2+]CC3C2NC(=O)N3Cc2cccc3ccccc23)n1. The van der Waals surface area contributed by atoms with Crippen LogP contribution in [0.2, 0.25) is 0 Å². The number of amides is 2. The lowest BCUT2D eigenvalue weighted by Crippen LogP contribution is -2.95. The number of hydrogen-bond donors (Lipinski definition) is 2. The van der Waals surface area contributed by atoms with Crippen LogP contribution in [-0.4, -0.2) is 41.1 Å². The third-order valence-corrected chi connectivity index (χ3v) is 7.24. The van der Waals surface area contributed by atoms with Crippen molar-refractivity contribution in [3.8, 4) is 0 Å². The summed E-state index contributed by atoms with van der Waals surface area (Å²) in [6, 6.07) is 24.8. The molecule has 2 fully saturated rings. The molecule has 2 saturated heterocycles. The topological polar surface area (TPSA) is 75.0 Å². The van der Waals surface area contributed by atoms with Crippen molar-refractivity contribution in [2.75, 3.05) is 13.1 Å². The molecule has 0 saturated carbocycles. The lowest BCUT2D eigenvalue weighted by atomic mass is 9.69. The Balaban J connectivity index is 1.42. The van der Waals surface area contributed by atoms with Gasteiger partial charge in [-0.25, -0.2) is 9.78 Å². The van der Waals surface area contributed by atoms with Gasteiger partial charge in [0.15, 0.2) is 0 Å². The van der Waals surface area contributed by atoms with Gasteiger partial charge in [-0.15, -0.1) is 0 Å². The van der Waals surface area contributed by atoms with Crippen molar-refractivity contribution in [2.24, 2.45) is 0 Å². The Morgan fingerprint density at radius 3 is 2.70 bits per heavy atom. The molecule has 6 heteroatoms. The number of nitrogens with zero attached hydrogens (tertiary/aromatic N) is 2. The van der Waals surface area contributed by atoms with Crippen molar-refractivity contribution >= 4 is 16.8 Å². The predicted octanol–water partition coefficient (Wildman–Crippen LogP) is 2.96. The van der Waals surface area contributed by atoms with Crippen LogP contribution in [0.15, 0.2) is 83.5 Å². The number of nitrogens with two attached hydrogens (primary N) is 1. The fourth-order valence-electron chi connectivity index (χ4n) is 5.70. The molecular formula is C27H27N4O2+. The van der Waals surface area contributed by atoms with E-state index >= 15 is 0 Å². The van der Waals surface area contributed by atoms with Gasteiger partial charge in [-0.2, -0.15) is 0 Å². The van der Waals surface area contributed by atoms with Gasteiger partial charge >= 0.3 is 6.03 Å². The number of urea groups is 1. The molecule has 33 heavy (non-hydrogen) atoms. The van der Waals surface area contributed by atoms with E-state index in [4.69, 9.17) is 9.40 Å². The highest BCUT2D eigenvalue weighted by Gasteiger charge is 2.59. The number of fused-ring (bicyclic) bond motifs is 2. The normalized spacial score (nSPS) is 24.6. The average Bonchev–Trinajstić information content (AvgIpc) is 3.43. The number of hydrogen-bond acceptors (Lipinski definition) is 3. The monoisotopic (exact) mass is 439 g/mol. The third kappa shape index (κ3) is 3.13. The highest BCUT2D eigenvalue weighted by molar-refractivity contribution is 5.86. The molecule has 4 aromatic rings. The van der Waals surface area contributed by atoms with Gasteiger partial charge in [0.05, 0.1) is 24.8 Å². The van der Waals surface area contributed by atoms with Crippen molar-refractivity contribution < 1.29 is 14.5 Å². The van der Waals surface area contributed by atoms with Crippen LogP contribution in [0.1, 0.15) is 22.7 Å². The Morgan fingerprint density at radius 2 is 1.88 bits per heavy atom. The van der Waals surface area contributed by atoms with Gasteiger partial charge in [0.2, 0.25) is 5.89 Å². The highest BCUT2D eigenvalue weighted by Crippen LogP contribution is 2.40. The van der Waals surface area contributed by atoms with Crippen LogP contribution >= 0.6 is 0 Å². The molecule has 0 radical (unpaired) electrons. The fraction of sp³-hybridized carbons (Fsp3) is 0.259. The fourth-order valence-corrected chi connectivity index (χ4v) is 5.70. The Morgan fingerprint density at radius 1 is 1.09 bits per heavy atom. The van der Waals surface area contributed by atoms with Crippen LogP contribution in [0.4, 0.5) is 4.79 Å². The quantitative estimate of drug-likeness (QED) is 0.513. The number of benzene rings is 3. The smallest absolute Gasteiger partial charge is 0.318 e. The van der Waals surface area contributed by atoms with Crippen LogP contribution in [0.5, 0.6) is 0 Å². The van der Waals surface area contributed by atoms with Crippen LogP contribution < -0.4 is 10.6 Å². The summed E-state index contributed by atoms with van der Waals surface area (Å²) < 4.78 is 6.02. The number of quaternary nitrogens is 1. The van der Waals surface area contributed by atoms with Gasteiger partial charge in [-0.3, -0.25) is 0 Å². The number of oxazole rings is 1. The second-order valence-corrected chi connectivity index (χ2v) is 9.12. The van der Waals surface area contributed by atoms with E-state index in [0.717, 1.165) is 29.9 Å². The number of piperidine rings is 1. The summed E-state index contributed by atoms with van der Waals surface area (Å²) in [4.78, 5) is 20.1. The maximum atomic E-state index is 13.4. The minimum atomic E-state index is -0.540. The van der Waals surface area contributed by atoms with E-state index < -0.39 is 5.41 Å². The molecule has 2 aliphatic rings. The minimum Gasteiger partial charge on any atom is -0.447 e. The molecule has 2 aliphatic heterocycles. The molecule has 1 aromatic heterocycles. The zero-order chi connectivity index (χ0) is 22.4. The van der Waals surface area contributed by atoms with Crippen LogP contribution in [0.25, 0.3) is 10.8 Å². The number of carbonyl (C=O) groups excluding carboxylic acids is 1. The first-order valence-electron chi connectivity index (χ1n) is 11.5. The van der Waals surface area contributed by atoms with E-state index in [2.05, 4.69) is 59.2 Å². The second-order valence-electron chi connectivity index (χ2n) is 9.12. The number of aromatic nitrogens is 1. The van der Waals surface area contributed by atoms with Gasteiger partial charge in [0, 0.05) is 6.54 Å². The summed E-state index contributed by atoms with van der Waals surface area (Å²) in [5.74, 6) is 0.671. The van der Waals surface area contributed by atoms with Gasteiger partial charge in [0.1, 0.15) is 17.7 Å². The maximum absolute atomic E-state index is 13.4. The van der Waals surface area contributed by atoms with E-state index in [-0.39, 0.29) is 18.1 Å². The van der Waals surface area contributed by atoms with Crippen molar-refractivity contribution in [3.63, 3.8) is 0 Å². The van der Waals surface area contributed by atoms with Gasteiger partial charge in [-0.05, 0) is 28.8 Å². The van der Waals surface area contributed by atoms with Crippen molar-refractivity contribution in [2.45, 2.75) is 31.0 Å². The van der Waals surface area contributed by atoms with Crippen molar-refractivity contribution in [1.82, 2.24) is 15.2 Å². The average molecular weight is 440 g/mol. The summed E-state index contributed by atoms with van der Waals surface area (Å²) in [5, 5.41) is 8.01. The van der Waals surface area contributed by atoms with Crippen LogP contribution in [-0.2, 0) is 12.0 Å². The van der Waals surface area contributed by atoms with Crippen LogP contribution in [0.3, 0.4) is 0 Å². The predicted molar refractivity (Wildman–Crippen MR) is 126 cm³/mol. The summed E-state index contributed by atoms with van der Waals surface area (Å²) in [5.41, 5.74) is 2.58. The second kappa shape index (κ2) is 7.74. The molecule has 6 rings (SSSR count). The standard InChI is InChI=1S/C27H26N4O2/c1-18-16-33-25(29-18)27(21-11-3-2-4-12-21)17-28-14-23-24(27)30-26(32)31(23)15-20-10-7-9-19-8-5-6-13-22(19)20/h2-13,16,23-24,28H,14-15,17H2,1H3,(H,30,32)/p+1. The largest absolute Gasteiger partial charge is 0.447 e.